The van der Waals surface area contributed by atoms with Crippen LogP contribution in [0.15, 0.2) is 50.5 Å². The third kappa shape index (κ3) is 5.34. The monoisotopic (exact) mass is 471 g/mol. The highest BCUT2D eigenvalue weighted by atomic mass is 32.2. The molecule has 0 bridgehead atoms. The summed E-state index contributed by atoms with van der Waals surface area (Å²) >= 11 is 0. The molecule has 1 heterocycles. The molecule has 7 nitrogen and oxygen atoms in total. The van der Waals surface area contributed by atoms with Gasteiger partial charge in [0, 0.05) is 16.5 Å². The van der Waals surface area contributed by atoms with E-state index in [0.29, 0.717) is 16.7 Å². The van der Waals surface area contributed by atoms with Crippen molar-refractivity contribution in [2.45, 2.75) is 58.9 Å². The maximum atomic E-state index is 13.0. The number of benzene rings is 2. The van der Waals surface area contributed by atoms with Gasteiger partial charge in [0.1, 0.15) is 17.4 Å². The molecule has 0 aliphatic heterocycles. The summed E-state index contributed by atoms with van der Waals surface area (Å²) in [5, 5.41) is 0.753. The minimum Gasteiger partial charge on any atom is -0.425 e. The lowest BCUT2D eigenvalue weighted by Gasteiger charge is -2.20. The SMILES string of the molecule is Cc1ccc(S(=O)(=O)N[C@@H](CC(C)C)C(=O)Oc2ccc3c(C)c(C)c(=O)oc3c2C)cc1. The molecular formula is C25H29NO6S. The van der Waals surface area contributed by atoms with Crippen molar-refractivity contribution < 1.29 is 22.4 Å². The predicted molar refractivity (Wildman–Crippen MR) is 127 cm³/mol. The number of ether oxygens (including phenoxy) is 1. The van der Waals surface area contributed by atoms with Gasteiger partial charge in [0.2, 0.25) is 10.0 Å². The predicted octanol–water partition coefficient (Wildman–Crippen LogP) is 4.33. The van der Waals surface area contributed by atoms with Gasteiger partial charge in [-0.3, -0.25) is 0 Å². The molecule has 3 rings (SSSR count). The first-order valence-corrected chi connectivity index (χ1v) is 12.2. The van der Waals surface area contributed by atoms with Crippen LogP contribution in [-0.2, 0) is 14.8 Å². The highest BCUT2D eigenvalue weighted by Gasteiger charge is 2.29. The lowest BCUT2D eigenvalue weighted by Crippen LogP contribution is -2.43. The summed E-state index contributed by atoms with van der Waals surface area (Å²) in [6.45, 7) is 10.9. The third-order valence-electron chi connectivity index (χ3n) is 5.65. The molecule has 0 aliphatic rings. The van der Waals surface area contributed by atoms with Gasteiger partial charge >= 0.3 is 11.6 Å². The van der Waals surface area contributed by atoms with Crippen molar-refractivity contribution in [3.63, 3.8) is 0 Å². The number of fused-ring (bicyclic) bond motifs is 1. The molecule has 1 N–H and O–H groups in total. The highest BCUT2D eigenvalue weighted by molar-refractivity contribution is 7.89. The van der Waals surface area contributed by atoms with E-state index < -0.39 is 27.7 Å². The van der Waals surface area contributed by atoms with Crippen molar-refractivity contribution in [1.82, 2.24) is 4.72 Å². The van der Waals surface area contributed by atoms with Crippen molar-refractivity contribution in [2.24, 2.45) is 5.92 Å². The summed E-state index contributed by atoms with van der Waals surface area (Å²) in [5.41, 5.74) is 2.63. The first kappa shape index (κ1) is 24.7. The molecule has 8 heteroatoms. The maximum Gasteiger partial charge on any atom is 0.339 e. The van der Waals surface area contributed by atoms with Gasteiger partial charge in [-0.2, -0.15) is 4.72 Å². The first-order valence-electron chi connectivity index (χ1n) is 10.7. The lowest BCUT2D eigenvalue weighted by molar-refractivity contribution is -0.136. The van der Waals surface area contributed by atoms with Crippen LogP contribution in [0.4, 0.5) is 0 Å². The third-order valence-corrected chi connectivity index (χ3v) is 7.14. The van der Waals surface area contributed by atoms with Gasteiger partial charge in [0.25, 0.3) is 0 Å². The fourth-order valence-electron chi connectivity index (χ4n) is 3.55. The van der Waals surface area contributed by atoms with Crippen LogP contribution in [-0.4, -0.2) is 20.4 Å². The van der Waals surface area contributed by atoms with Crippen molar-refractivity contribution in [3.05, 3.63) is 69.1 Å². The fourth-order valence-corrected chi connectivity index (χ4v) is 4.75. The zero-order valence-corrected chi connectivity index (χ0v) is 20.5. The first-order chi connectivity index (χ1) is 15.4. The van der Waals surface area contributed by atoms with E-state index in [0.717, 1.165) is 16.5 Å². The summed E-state index contributed by atoms with van der Waals surface area (Å²) in [6.07, 6.45) is 0.254. The second-order valence-corrected chi connectivity index (χ2v) is 10.5. The molecular weight excluding hydrogens is 442 g/mol. The van der Waals surface area contributed by atoms with Crippen molar-refractivity contribution in [1.29, 1.82) is 0 Å². The van der Waals surface area contributed by atoms with E-state index in [1.165, 1.54) is 12.1 Å². The lowest BCUT2D eigenvalue weighted by atomic mass is 10.0. The van der Waals surface area contributed by atoms with Gasteiger partial charge in [-0.05, 0) is 69.9 Å². The molecule has 0 saturated carbocycles. The van der Waals surface area contributed by atoms with Crippen LogP contribution in [0.2, 0.25) is 0 Å². The molecule has 1 aromatic heterocycles. The normalized spacial score (nSPS) is 12.8. The number of carbonyl (C=O) groups excluding carboxylic acids is 1. The highest BCUT2D eigenvalue weighted by Crippen LogP contribution is 2.29. The van der Waals surface area contributed by atoms with E-state index >= 15 is 0 Å². The van der Waals surface area contributed by atoms with Crippen molar-refractivity contribution in [3.8, 4) is 5.75 Å². The number of aryl methyl sites for hydroxylation is 3. The number of carbonyl (C=O) groups is 1. The van der Waals surface area contributed by atoms with Crippen LogP contribution in [0, 0.1) is 33.6 Å². The molecule has 176 valence electrons. The molecule has 0 unspecified atom stereocenters. The van der Waals surface area contributed by atoms with Crippen molar-refractivity contribution >= 4 is 27.0 Å². The molecule has 0 spiro atoms. The Bertz CT molecular complexity index is 1350. The molecule has 3 aromatic rings. The minimum atomic E-state index is -3.93. The number of hydrogen-bond donors (Lipinski definition) is 1. The average Bonchev–Trinajstić information content (AvgIpc) is 2.74. The van der Waals surface area contributed by atoms with Crippen LogP contribution >= 0.6 is 0 Å². The smallest absolute Gasteiger partial charge is 0.339 e. The van der Waals surface area contributed by atoms with Crippen LogP contribution in [0.1, 0.15) is 42.5 Å². The van der Waals surface area contributed by atoms with E-state index in [9.17, 15) is 18.0 Å². The molecule has 1 atom stereocenters. The Morgan fingerprint density at radius 1 is 0.970 bits per heavy atom. The fraction of sp³-hybridized carbons (Fsp3) is 0.360. The largest absolute Gasteiger partial charge is 0.425 e. The second kappa shape index (κ2) is 9.49. The summed E-state index contributed by atoms with van der Waals surface area (Å²) in [4.78, 5) is 25.2. The van der Waals surface area contributed by atoms with Gasteiger partial charge in [-0.1, -0.05) is 31.5 Å². The van der Waals surface area contributed by atoms with Gasteiger partial charge in [0.05, 0.1) is 4.90 Å². The van der Waals surface area contributed by atoms with E-state index in [1.807, 2.05) is 27.7 Å². The minimum absolute atomic E-state index is 0.0321. The molecule has 0 aliphatic carbocycles. The van der Waals surface area contributed by atoms with Crippen molar-refractivity contribution in [2.75, 3.05) is 0 Å². The second-order valence-electron chi connectivity index (χ2n) is 8.74. The summed E-state index contributed by atoms with van der Waals surface area (Å²) < 4.78 is 39.3. The van der Waals surface area contributed by atoms with E-state index in [4.69, 9.17) is 9.15 Å². The zero-order valence-electron chi connectivity index (χ0n) is 19.7. The topological polar surface area (TPSA) is 103 Å². The molecule has 0 fully saturated rings. The standard InChI is InChI=1S/C25H29NO6S/c1-14(2)13-21(26-33(29,30)19-9-7-15(3)8-10-19)25(28)31-22-12-11-20-16(4)17(5)24(27)32-23(20)18(22)6/h7-12,14,21,26H,13H2,1-6H3/t21-/m0/s1. The Morgan fingerprint density at radius 3 is 2.21 bits per heavy atom. The summed E-state index contributed by atoms with van der Waals surface area (Å²) in [7, 11) is -3.93. The molecule has 33 heavy (non-hydrogen) atoms. The Kier molecular flexibility index (Phi) is 7.09. The van der Waals surface area contributed by atoms with Crippen LogP contribution in [0.25, 0.3) is 11.0 Å². The van der Waals surface area contributed by atoms with Gasteiger partial charge in [-0.25, -0.2) is 18.0 Å². The Labute approximate surface area is 193 Å². The molecule has 0 saturated heterocycles. The van der Waals surface area contributed by atoms with E-state index in [-0.39, 0.29) is 23.0 Å². The van der Waals surface area contributed by atoms with Gasteiger partial charge in [0.15, 0.2) is 0 Å². The van der Waals surface area contributed by atoms with Gasteiger partial charge in [-0.15, -0.1) is 0 Å². The molecule has 0 amide bonds. The number of rotatable bonds is 7. The zero-order chi connectivity index (χ0) is 24.5. The van der Waals surface area contributed by atoms with E-state index in [2.05, 4.69) is 4.72 Å². The van der Waals surface area contributed by atoms with E-state index in [1.54, 1.807) is 38.1 Å². The quantitative estimate of drug-likeness (QED) is 0.313. The Hall–Kier alpha value is -2.97. The van der Waals surface area contributed by atoms with Crippen LogP contribution in [0.5, 0.6) is 5.75 Å². The number of esters is 1. The number of hydrogen-bond acceptors (Lipinski definition) is 6. The summed E-state index contributed by atoms with van der Waals surface area (Å²) in [5.74, 6) is -0.486. The Morgan fingerprint density at radius 2 is 1.61 bits per heavy atom. The average molecular weight is 472 g/mol. The van der Waals surface area contributed by atoms with Crippen LogP contribution in [0.3, 0.4) is 0 Å². The molecule has 0 radical (unpaired) electrons. The van der Waals surface area contributed by atoms with Gasteiger partial charge < -0.3 is 9.15 Å². The molecule has 2 aromatic carbocycles. The van der Waals surface area contributed by atoms with Crippen LogP contribution < -0.4 is 15.1 Å². The Balaban J connectivity index is 1.92. The summed E-state index contributed by atoms with van der Waals surface area (Å²) in [6, 6.07) is 8.65. The number of nitrogens with one attached hydrogen (secondary N) is 1. The maximum absolute atomic E-state index is 13.0. The number of sulfonamides is 1.